The zero-order chi connectivity index (χ0) is 21.6. The molecule has 0 fully saturated rings. The largest absolute Gasteiger partial charge is 0.497 e. The van der Waals surface area contributed by atoms with E-state index in [4.69, 9.17) is 9.47 Å². The number of ether oxygens (including phenoxy) is 2. The molecule has 1 heterocycles. The van der Waals surface area contributed by atoms with Crippen LogP contribution in [0.4, 0.5) is 5.69 Å². The molecule has 0 spiro atoms. The second kappa shape index (κ2) is 9.40. The summed E-state index contributed by atoms with van der Waals surface area (Å²) in [6.45, 7) is 0. The van der Waals surface area contributed by atoms with Crippen molar-refractivity contribution in [2.24, 2.45) is 0 Å². The van der Waals surface area contributed by atoms with Crippen LogP contribution >= 0.6 is 15.9 Å². The first-order chi connectivity index (χ1) is 15.1. The molecule has 1 amide bonds. The third kappa shape index (κ3) is 5.26. The smallest absolute Gasteiger partial charge is 0.255 e. The van der Waals surface area contributed by atoms with Gasteiger partial charge in [-0.15, -0.1) is 0 Å². The normalized spacial score (nSPS) is 10.4. The molecule has 4 aromatic rings. The molecule has 0 aliphatic rings. The first kappa shape index (κ1) is 20.6. The lowest BCUT2D eigenvalue weighted by Gasteiger charge is -2.08. The van der Waals surface area contributed by atoms with Crippen molar-refractivity contribution in [3.63, 3.8) is 0 Å². The molecule has 0 aliphatic heterocycles. The number of hydrogen-bond acceptors (Lipinski definition) is 5. The summed E-state index contributed by atoms with van der Waals surface area (Å²) in [5.41, 5.74) is 2.80. The third-order valence-corrected chi connectivity index (χ3v) is 4.92. The SMILES string of the molecule is COc1cccc(Oc2cc(-c3ccc(C(=O)Nc4cccc(Br)c4)cc3)ncn2)c1. The number of hydrogen-bond donors (Lipinski definition) is 1. The zero-order valence-electron chi connectivity index (χ0n) is 16.6. The second-order valence-corrected chi connectivity index (χ2v) is 7.48. The van der Waals surface area contributed by atoms with E-state index in [0.717, 1.165) is 15.7 Å². The van der Waals surface area contributed by atoms with Gasteiger partial charge in [-0.1, -0.05) is 40.2 Å². The molecule has 6 nitrogen and oxygen atoms in total. The highest BCUT2D eigenvalue weighted by molar-refractivity contribution is 9.10. The molecular weight excluding hydrogens is 458 g/mol. The maximum absolute atomic E-state index is 12.5. The van der Waals surface area contributed by atoms with Crippen LogP contribution in [0.15, 0.2) is 89.7 Å². The van der Waals surface area contributed by atoms with Crippen molar-refractivity contribution >= 4 is 27.5 Å². The van der Waals surface area contributed by atoms with E-state index in [0.29, 0.717) is 28.6 Å². The minimum Gasteiger partial charge on any atom is -0.497 e. The number of halogens is 1. The van der Waals surface area contributed by atoms with Crippen molar-refractivity contribution in [1.82, 2.24) is 9.97 Å². The molecule has 0 bridgehead atoms. The average molecular weight is 476 g/mol. The number of carbonyl (C=O) groups excluding carboxylic acids is 1. The maximum Gasteiger partial charge on any atom is 0.255 e. The van der Waals surface area contributed by atoms with Gasteiger partial charge in [-0.05, 0) is 42.5 Å². The van der Waals surface area contributed by atoms with Gasteiger partial charge < -0.3 is 14.8 Å². The lowest BCUT2D eigenvalue weighted by atomic mass is 10.1. The van der Waals surface area contributed by atoms with E-state index in [1.54, 1.807) is 31.4 Å². The van der Waals surface area contributed by atoms with E-state index in [-0.39, 0.29) is 5.91 Å². The average Bonchev–Trinajstić information content (AvgIpc) is 2.79. The molecular formula is C24H18BrN3O3. The fourth-order valence-corrected chi connectivity index (χ4v) is 3.30. The molecule has 3 aromatic carbocycles. The van der Waals surface area contributed by atoms with Crippen molar-refractivity contribution in [3.8, 4) is 28.6 Å². The molecule has 1 N–H and O–H groups in total. The summed E-state index contributed by atoms with van der Waals surface area (Å²) in [5.74, 6) is 1.54. The first-order valence-electron chi connectivity index (χ1n) is 9.42. The summed E-state index contributed by atoms with van der Waals surface area (Å²) >= 11 is 3.40. The standard InChI is InChI=1S/C24H18BrN3O3/c1-30-20-6-3-7-21(13-20)31-23-14-22(26-15-27-23)16-8-10-17(11-9-16)24(29)28-19-5-2-4-18(25)12-19/h2-15H,1H3,(H,28,29). The number of nitrogens with zero attached hydrogens (tertiary/aromatic N) is 2. The molecule has 1 aromatic heterocycles. The number of benzene rings is 3. The van der Waals surface area contributed by atoms with E-state index in [9.17, 15) is 4.79 Å². The topological polar surface area (TPSA) is 73.3 Å². The number of aromatic nitrogens is 2. The summed E-state index contributed by atoms with van der Waals surface area (Å²) in [6, 6.07) is 23.7. The highest BCUT2D eigenvalue weighted by atomic mass is 79.9. The Balaban J connectivity index is 1.48. The van der Waals surface area contributed by atoms with Gasteiger partial charge in [0.05, 0.1) is 12.8 Å². The van der Waals surface area contributed by atoms with Crippen LogP contribution < -0.4 is 14.8 Å². The Bertz CT molecular complexity index is 1210. The summed E-state index contributed by atoms with van der Waals surface area (Å²) in [5, 5.41) is 2.88. The molecule has 0 saturated heterocycles. The Morgan fingerprint density at radius 2 is 1.68 bits per heavy atom. The Hall–Kier alpha value is -3.71. The van der Waals surface area contributed by atoms with Gasteiger partial charge in [-0.25, -0.2) is 9.97 Å². The number of nitrogens with one attached hydrogen (secondary N) is 1. The maximum atomic E-state index is 12.5. The van der Waals surface area contributed by atoms with E-state index in [1.165, 1.54) is 6.33 Å². The van der Waals surface area contributed by atoms with Crippen LogP contribution in [0, 0.1) is 0 Å². The van der Waals surface area contributed by atoms with Crippen LogP contribution in [0.2, 0.25) is 0 Å². The van der Waals surface area contributed by atoms with Gasteiger partial charge in [0.2, 0.25) is 5.88 Å². The number of amides is 1. The zero-order valence-corrected chi connectivity index (χ0v) is 18.2. The van der Waals surface area contributed by atoms with E-state index < -0.39 is 0 Å². The fourth-order valence-electron chi connectivity index (χ4n) is 2.90. The first-order valence-corrected chi connectivity index (χ1v) is 10.2. The minimum absolute atomic E-state index is 0.186. The summed E-state index contributed by atoms with van der Waals surface area (Å²) in [4.78, 5) is 21.0. The molecule has 0 saturated carbocycles. The van der Waals surface area contributed by atoms with Gasteiger partial charge in [0.1, 0.15) is 17.8 Å². The van der Waals surface area contributed by atoms with Crippen molar-refractivity contribution in [2.75, 3.05) is 12.4 Å². The predicted octanol–water partition coefficient (Wildman–Crippen LogP) is 5.96. The molecule has 0 unspecified atom stereocenters. The lowest BCUT2D eigenvalue weighted by molar-refractivity contribution is 0.102. The predicted molar refractivity (Wildman–Crippen MR) is 123 cm³/mol. The Morgan fingerprint density at radius 1 is 0.903 bits per heavy atom. The second-order valence-electron chi connectivity index (χ2n) is 6.56. The molecule has 7 heteroatoms. The number of rotatable bonds is 6. The Labute approximate surface area is 188 Å². The number of anilines is 1. The van der Waals surface area contributed by atoms with Gasteiger partial charge in [-0.3, -0.25) is 4.79 Å². The quantitative estimate of drug-likeness (QED) is 0.372. The van der Waals surface area contributed by atoms with Crippen LogP contribution in [-0.4, -0.2) is 23.0 Å². The van der Waals surface area contributed by atoms with Crippen LogP contribution in [-0.2, 0) is 0 Å². The van der Waals surface area contributed by atoms with E-state index in [1.807, 2.05) is 54.6 Å². The Kier molecular flexibility index (Phi) is 6.24. The van der Waals surface area contributed by atoms with Crippen LogP contribution in [0.25, 0.3) is 11.3 Å². The summed E-state index contributed by atoms with van der Waals surface area (Å²) < 4.78 is 11.9. The highest BCUT2D eigenvalue weighted by Crippen LogP contribution is 2.26. The molecule has 4 rings (SSSR count). The molecule has 154 valence electrons. The van der Waals surface area contributed by atoms with Gasteiger partial charge >= 0.3 is 0 Å². The lowest BCUT2D eigenvalue weighted by Crippen LogP contribution is -2.11. The van der Waals surface area contributed by atoms with E-state index in [2.05, 4.69) is 31.2 Å². The van der Waals surface area contributed by atoms with Crippen LogP contribution in [0.3, 0.4) is 0 Å². The van der Waals surface area contributed by atoms with Crippen LogP contribution in [0.5, 0.6) is 17.4 Å². The highest BCUT2D eigenvalue weighted by Gasteiger charge is 2.09. The van der Waals surface area contributed by atoms with Gasteiger partial charge in [0.15, 0.2) is 0 Å². The monoisotopic (exact) mass is 475 g/mol. The molecule has 0 radical (unpaired) electrons. The minimum atomic E-state index is -0.186. The third-order valence-electron chi connectivity index (χ3n) is 4.43. The van der Waals surface area contributed by atoms with Gasteiger partial charge in [-0.2, -0.15) is 0 Å². The van der Waals surface area contributed by atoms with Gasteiger partial charge in [0, 0.05) is 33.4 Å². The van der Waals surface area contributed by atoms with Crippen molar-refractivity contribution in [3.05, 3.63) is 95.2 Å². The molecule has 31 heavy (non-hydrogen) atoms. The van der Waals surface area contributed by atoms with Crippen molar-refractivity contribution in [1.29, 1.82) is 0 Å². The number of carbonyl (C=O) groups is 1. The van der Waals surface area contributed by atoms with Crippen molar-refractivity contribution < 1.29 is 14.3 Å². The Morgan fingerprint density at radius 3 is 2.45 bits per heavy atom. The van der Waals surface area contributed by atoms with E-state index >= 15 is 0 Å². The van der Waals surface area contributed by atoms with Gasteiger partial charge in [0.25, 0.3) is 5.91 Å². The summed E-state index contributed by atoms with van der Waals surface area (Å²) in [7, 11) is 1.60. The van der Waals surface area contributed by atoms with Crippen LogP contribution in [0.1, 0.15) is 10.4 Å². The fraction of sp³-hybridized carbons (Fsp3) is 0.0417. The molecule has 0 atom stereocenters. The number of methoxy groups -OCH3 is 1. The summed E-state index contributed by atoms with van der Waals surface area (Å²) in [6.07, 6.45) is 1.44. The molecule has 0 aliphatic carbocycles. The van der Waals surface area contributed by atoms with Crippen molar-refractivity contribution in [2.45, 2.75) is 0 Å².